The Hall–Kier alpha value is -3.67. The molecule has 0 unspecified atom stereocenters. The van der Waals surface area contributed by atoms with Crippen LogP contribution in [0.1, 0.15) is 33.3 Å². The number of nitrogens with one attached hydrogen (secondary N) is 2. The molecular formula is C23H23N3O3. The van der Waals surface area contributed by atoms with E-state index in [4.69, 9.17) is 4.74 Å². The number of aromatic nitrogens is 1. The van der Waals surface area contributed by atoms with Crippen molar-refractivity contribution in [3.8, 4) is 5.75 Å². The summed E-state index contributed by atoms with van der Waals surface area (Å²) in [5.41, 5.74) is 3.51. The van der Waals surface area contributed by atoms with Crippen molar-refractivity contribution in [2.75, 3.05) is 24.3 Å². The summed E-state index contributed by atoms with van der Waals surface area (Å²) in [6.45, 7) is 2.22. The van der Waals surface area contributed by atoms with Gasteiger partial charge in [-0.05, 0) is 67.4 Å². The number of carbonyl (C=O) groups is 2. The van der Waals surface area contributed by atoms with Gasteiger partial charge in [-0.25, -0.2) is 0 Å². The summed E-state index contributed by atoms with van der Waals surface area (Å²) >= 11 is 0. The van der Waals surface area contributed by atoms with Gasteiger partial charge in [0.2, 0.25) is 0 Å². The molecule has 0 saturated heterocycles. The van der Waals surface area contributed by atoms with Gasteiger partial charge in [0.05, 0.1) is 7.11 Å². The SMILES string of the molecule is COc1cccc(CCNc2ccnc(C(=O)Nc3ccc(C(C)=O)cc3)c2)c1. The predicted molar refractivity (Wildman–Crippen MR) is 114 cm³/mol. The summed E-state index contributed by atoms with van der Waals surface area (Å²) in [6, 6.07) is 18.2. The molecule has 0 spiro atoms. The van der Waals surface area contributed by atoms with E-state index in [1.807, 2.05) is 30.3 Å². The van der Waals surface area contributed by atoms with E-state index in [0.29, 0.717) is 23.5 Å². The zero-order valence-electron chi connectivity index (χ0n) is 16.4. The Labute approximate surface area is 169 Å². The molecular weight excluding hydrogens is 366 g/mol. The number of benzene rings is 2. The van der Waals surface area contributed by atoms with Gasteiger partial charge < -0.3 is 15.4 Å². The lowest BCUT2D eigenvalue weighted by molar-refractivity contribution is 0.101. The third-order valence-electron chi connectivity index (χ3n) is 4.42. The molecule has 0 radical (unpaired) electrons. The Morgan fingerprint density at radius 3 is 2.52 bits per heavy atom. The lowest BCUT2D eigenvalue weighted by Gasteiger charge is -2.09. The van der Waals surface area contributed by atoms with E-state index in [9.17, 15) is 9.59 Å². The smallest absolute Gasteiger partial charge is 0.274 e. The number of nitrogens with zero attached hydrogens (tertiary/aromatic N) is 1. The number of ether oxygens (including phenoxy) is 1. The van der Waals surface area contributed by atoms with Crippen LogP contribution in [0.4, 0.5) is 11.4 Å². The van der Waals surface area contributed by atoms with Crippen molar-refractivity contribution < 1.29 is 14.3 Å². The Kier molecular flexibility index (Phi) is 6.58. The first-order valence-corrected chi connectivity index (χ1v) is 9.30. The number of anilines is 2. The highest BCUT2D eigenvalue weighted by atomic mass is 16.5. The maximum Gasteiger partial charge on any atom is 0.274 e. The van der Waals surface area contributed by atoms with Gasteiger partial charge in [-0.3, -0.25) is 14.6 Å². The van der Waals surface area contributed by atoms with Crippen molar-refractivity contribution in [1.82, 2.24) is 4.98 Å². The first-order valence-electron chi connectivity index (χ1n) is 9.30. The van der Waals surface area contributed by atoms with Crippen LogP contribution in [0.25, 0.3) is 0 Å². The highest BCUT2D eigenvalue weighted by molar-refractivity contribution is 6.03. The summed E-state index contributed by atoms with van der Waals surface area (Å²) in [4.78, 5) is 28.0. The molecule has 1 amide bonds. The molecule has 6 nitrogen and oxygen atoms in total. The number of pyridine rings is 1. The minimum absolute atomic E-state index is 0.0164. The summed E-state index contributed by atoms with van der Waals surface area (Å²) in [5, 5.41) is 6.10. The number of rotatable bonds is 8. The number of hydrogen-bond acceptors (Lipinski definition) is 5. The fourth-order valence-electron chi connectivity index (χ4n) is 2.83. The van der Waals surface area contributed by atoms with Crippen LogP contribution in [0.3, 0.4) is 0 Å². The lowest BCUT2D eigenvalue weighted by Crippen LogP contribution is -2.14. The third kappa shape index (κ3) is 5.65. The molecule has 2 aromatic carbocycles. The van der Waals surface area contributed by atoms with Crippen LogP contribution in [0.15, 0.2) is 66.9 Å². The first-order chi connectivity index (χ1) is 14.0. The number of ketones is 1. The topological polar surface area (TPSA) is 80.3 Å². The van der Waals surface area contributed by atoms with E-state index >= 15 is 0 Å². The molecule has 6 heteroatoms. The van der Waals surface area contributed by atoms with Crippen LogP contribution < -0.4 is 15.4 Å². The molecule has 0 bridgehead atoms. The molecule has 1 heterocycles. The van der Waals surface area contributed by atoms with Crippen molar-refractivity contribution in [2.45, 2.75) is 13.3 Å². The van der Waals surface area contributed by atoms with Gasteiger partial charge in [0, 0.05) is 29.7 Å². The minimum atomic E-state index is -0.308. The molecule has 2 N–H and O–H groups in total. The zero-order chi connectivity index (χ0) is 20.6. The molecule has 0 saturated carbocycles. The van der Waals surface area contributed by atoms with E-state index in [-0.39, 0.29) is 11.7 Å². The highest BCUT2D eigenvalue weighted by Gasteiger charge is 2.09. The Morgan fingerprint density at radius 1 is 1.00 bits per heavy atom. The molecule has 0 fully saturated rings. The third-order valence-corrected chi connectivity index (χ3v) is 4.42. The van der Waals surface area contributed by atoms with Crippen LogP contribution in [0.5, 0.6) is 5.75 Å². The van der Waals surface area contributed by atoms with E-state index in [0.717, 1.165) is 23.4 Å². The van der Waals surface area contributed by atoms with Gasteiger partial charge in [-0.2, -0.15) is 0 Å². The van der Waals surface area contributed by atoms with Crippen LogP contribution in [0.2, 0.25) is 0 Å². The average Bonchev–Trinajstić information content (AvgIpc) is 2.74. The van der Waals surface area contributed by atoms with E-state index in [2.05, 4.69) is 15.6 Å². The first kappa shape index (κ1) is 20.1. The normalized spacial score (nSPS) is 10.3. The maximum atomic E-state index is 12.5. The van der Waals surface area contributed by atoms with Gasteiger partial charge in [0.15, 0.2) is 5.78 Å². The van der Waals surface area contributed by atoms with Crippen molar-refractivity contribution in [3.63, 3.8) is 0 Å². The lowest BCUT2D eigenvalue weighted by atomic mass is 10.1. The summed E-state index contributed by atoms with van der Waals surface area (Å²) in [6.07, 6.45) is 2.42. The zero-order valence-corrected chi connectivity index (χ0v) is 16.4. The number of hydrogen-bond donors (Lipinski definition) is 2. The van der Waals surface area contributed by atoms with Crippen LogP contribution >= 0.6 is 0 Å². The monoisotopic (exact) mass is 389 g/mol. The number of methoxy groups -OCH3 is 1. The van der Waals surface area contributed by atoms with Crippen molar-refractivity contribution >= 4 is 23.1 Å². The quantitative estimate of drug-likeness (QED) is 0.565. The molecule has 29 heavy (non-hydrogen) atoms. The molecule has 148 valence electrons. The molecule has 0 atom stereocenters. The molecule has 3 rings (SSSR count). The van der Waals surface area contributed by atoms with Gasteiger partial charge in [0.1, 0.15) is 11.4 Å². The Morgan fingerprint density at radius 2 is 1.79 bits per heavy atom. The average molecular weight is 389 g/mol. The fourth-order valence-corrected chi connectivity index (χ4v) is 2.83. The number of carbonyl (C=O) groups excluding carboxylic acids is 2. The van der Waals surface area contributed by atoms with Crippen LogP contribution in [-0.2, 0) is 6.42 Å². The Balaban J connectivity index is 1.58. The standard InChI is InChI=1S/C23H23N3O3/c1-16(27)18-6-8-19(9-7-18)26-23(28)22-15-20(11-13-25-22)24-12-10-17-4-3-5-21(14-17)29-2/h3-9,11,13-15H,10,12H2,1-2H3,(H,24,25)(H,26,28). The highest BCUT2D eigenvalue weighted by Crippen LogP contribution is 2.15. The molecule has 3 aromatic rings. The van der Waals surface area contributed by atoms with Crippen LogP contribution in [-0.4, -0.2) is 30.3 Å². The van der Waals surface area contributed by atoms with Gasteiger partial charge in [0.25, 0.3) is 5.91 Å². The molecule has 1 aromatic heterocycles. The van der Waals surface area contributed by atoms with E-state index < -0.39 is 0 Å². The second kappa shape index (κ2) is 9.50. The fraction of sp³-hybridized carbons (Fsp3) is 0.174. The second-order valence-corrected chi connectivity index (χ2v) is 6.55. The molecule has 0 aliphatic heterocycles. The van der Waals surface area contributed by atoms with Gasteiger partial charge in [-0.1, -0.05) is 12.1 Å². The van der Waals surface area contributed by atoms with Crippen molar-refractivity contribution in [3.05, 3.63) is 83.7 Å². The summed E-state index contributed by atoms with van der Waals surface area (Å²) in [5.74, 6) is 0.510. The van der Waals surface area contributed by atoms with Crippen molar-refractivity contribution in [1.29, 1.82) is 0 Å². The summed E-state index contributed by atoms with van der Waals surface area (Å²) < 4.78 is 5.24. The minimum Gasteiger partial charge on any atom is -0.497 e. The number of Topliss-reactive ketones (excluding diaryl/α,β-unsaturated/α-hetero) is 1. The second-order valence-electron chi connectivity index (χ2n) is 6.55. The Bertz CT molecular complexity index is 1000. The largest absolute Gasteiger partial charge is 0.497 e. The predicted octanol–water partition coefficient (Wildman–Crippen LogP) is 4.20. The van der Waals surface area contributed by atoms with E-state index in [1.54, 1.807) is 43.6 Å². The van der Waals surface area contributed by atoms with Gasteiger partial charge >= 0.3 is 0 Å². The van der Waals surface area contributed by atoms with E-state index in [1.165, 1.54) is 6.92 Å². The van der Waals surface area contributed by atoms with Crippen LogP contribution in [0, 0.1) is 0 Å². The maximum absolute atomic E-state index is 12.5. The molecule has 0 aliphatic rings. The van der Waals surface area contributed by atoms with Crippen molar-refractivity contribution in [2.24, 2.45) is 0 Å². The van der Waals surface area contributed by atoms with Gasteiger partial charge in [-0.15, -0.1) is 0 Å². The molecule has 0 aliphatic carbocycles. The summed E-state index contributed by atoms with van der Waals surface area (Å²) in [7, 11) is 1.65. The number of amides is 1.